The maximum atomic E-state index is 12.5. The molecule has 1 rings (SSSR count). The van der Waals surface area contributed by atoms with Gasteiger partial charge in [-0.25, -0.2) is 13.6 Å². The Bertz CT molecular complexity index is 370. The quantitative estimate of drug-likeness (QED) is 0.695. The predicted octanol–water partition coefficient (Wildman–Crippen LogP) is 0.0873. The van der Waals surface area contributed by atoms with Gasteiger partial charge in [0.15, 0.2) is 0 Å². The van der Waals surface area contributed by atoms with Gasteiger partial charge in [0.25, 0.3) is 6.43 Å². The minimum atomic E-state index is -2.73. The van der Waals surface area contributed by atoms with Crippen LogP contribution in [0.4, 0.5) is 13.6 Å². The molecule has 0 aromatic heterocycles. The summed E-state index contributed by atoms with van der Waals surface area (Å²) in [5, 5.41) is 18.0. The van der Waals surface area contributed by atoms with Crippen LogP contribution in [0, 0.1) is 5.92 Å². The number of aliphatic carboxylic acids is 1. The van der Waals surface area contributed by atoms with E-state index in [-0.39, 0.29) is 26.3 Å². The number of nitrogens with zero attached hydrogens (tertiary/aromatic N) is 2. The number of amides is 2. The van der Waals surface area contributed by atoms with Gasteiger partial charge in [0.05, 0.1) is 32.4 Å². The topological polar surface area (TPSA) is 90.3 Å². The Morgan fingerprint density at radius 1 is 1.38 bits per heavy atom. The molecule has 2 N–H and O–H groups in total. The van der Waals surface area contributed by atoms with Gasteiger partial charge >= 0.3 is 12.0 Å². The molecule has 21 heavy (non-hydrogen) atoms. The van der Waals surface area contributed by atoms with Crippen LogP contribution in [0.1, 0.15) is 6.92 Å². The van der Waals surface area contributed by atoms with Gasteiger partial charge in [-0.15, -0.1) is 0 Å². The molecule has 0 aromatic carbocycles. The Morgan fingerprint density at radius 2 is 2.05 bits per heavy atom. The molecule has 0 aromatic rings. The fourth-order valence-electron chi connectivity index (χ4n) is 2.33. The van der Waals surface area contributed by atoms with Crippen LogP contribution >= 0.6 is 0 Å². The van der Waals surface area contributed by atoms with Crippen molar-refractivity contribution >= 4 is 12.0 Å². The third kappa shape index (κ3) is 4.50. The van der Waals surface area contributed by atoms with Gasteiger partial charge in [-0.3, -0.25) is 4.79 Å². The molecular weight excluding hydrogens is 290 g/mol. The first kappa shape index (κ1) is 17.6. The van der Waals surface area contributed by atoms with Crippen LogP contribution in [0.3, 0.4) is 0 Å². The van der Waals surface area contributed by atoms with Crippen molar-refractivity contribution in [3.05, 3.63) is 0 Å². The lowest BCUT2D eigenvalue weighted by Crippen LogP contribution is -2.53. The van der Waals surface area contributed by atoms with Gasteiger partial charge in [-0.2, -0.15) is 0 Å². The molecule has 0 bridgehead atoms. The summed E-state index contributed by atoms with van der Waals surface area (Å²) >= 11 is 0. The van der Waals surface area contributed by atoms with E-state index in [1.807, 2.05) is 0 Å². The summed E-state index contributed by atoms with van der Waals surface area (Å²) < 4.78 is 30.1. The standard InChI is InChI=1S/C12H20F2N2O5/c1-2-16(9-7-21-6-8(9)11(18)19)12(20)15(3-4-17)5-10(13)14/h8-10,17H,2-7H2,1H3,(H,18,19). The van der Waals surface area contributed by atoms with Crippen LogP contribution in [-0.2, 0) is 9.53 Å². The van der Waals surface area contributed by atoms with E-state index in [4.69, 9.17) is 14.9 Å². The number of carbonyl (C=O) groups is 2. The maximum absolute atomic E-state index is 12.5. The van der Waals surface area contributed by atoms with Crippen molar-refractivity contribution in [3.8, 4) is 0 Å². The van der Waals surface area contributed by atoms with E-state index >= 15 is 0 Å². The fourth-order valence-corrected chi connectivity index (χ4v) is 2.33. The normalized spacial score (nSPS) is 21.6. The number of carboxylic acid groups (broad SMARTS) is 1. The molecular formula is C12H20F2N2O5. The minimum Gasteiger partial charge on any atom is -0.481 e. The first-order chi connectivity index (χ1) is 9.92. The number of ether oxygens (including phenoxy) is 1. The Morgan fingerprint density at radius 3 is 2.52 bits per heavy atom. The molecule has 1 fully saturated rings. The van der Waals surface area contributed by atoms with Crippen molar-refractivity contribution in [2.75, 3.05) is 39.5 Å². The van der Waals surface area contributed by atoms with Gasteiger partial charge in [0, 0.05) is 13.1 Å². The maximum Gasteiger partial charge on any atom is 0.320 e. The molecule has 2 unspecified atom stereocenters. The third-order valence-electron chi connectivity index (χ3n) is 3.35. The number of carbonyl (C=O) groups excluding carboxylic acids is 1. The van der Waals surface area contributed by atoms with Crippen molar-refractivity contribution in [2.45, 2.75) is 19.4 Å². The van der Waals surface area contributed by atoms with Crippen LogP contribution < -0.4 is 0 Å². The molecule has 9 heteroatoms. The zero-order valence-corrected chi connectivity index (χ0v) is 11.7. The highest BCUT2D eigenvalue weighted by atomic mass is 19.3. The van der Waals surface area contributed by atoms with E-state index in [9.17, 15) is 18.4 Å². The SMILES string of the molecule is CCN(C(=O)N(CCO)CC(F)F)C1COCC1C(=O)O. The van der Waals surface area contributed by atoms with Crippen LogP contribution in [0.5, 0.6) is 0 Å². The Balaban J connectivity index is 2.85. The van der Waals surface area contributed by atoms with E-state index in [2.05, 4.69) is 0 Å². The van der Waals surface area contributed by atoms with E-state index in [1.54, 1.807) is 6.92 Å². The number of hydrogen-bond donors (Lipinski definition) is 2. The van der Waals surface area contributed by atoms with E-state index < -0.39 is 43.5 Å². The highest BCUT2D eigenvalue weighted by Crippen LogP contribution is 2.21. The predicted molar refractivity (Wildman–Crippen MR) is 68.2 cm³/mol. The summed E-state index contributed by atoms with van der Waals surface area (Å²) in [7, 11) is 0. The molecule has 122 valence electrons. The number of carboxylic acids is 1. The van der Waals surface area contributed by atoms with Gasteiger partial charge < -0.3 is 24.7 Å². The minimum absolute atomic E-state index is 0.0153. The molecule has 1 heterocycles. The summed E-state index contributed by atoms with van der Waals surface area (Å²) in [6.45, 7) is 0.360. The average Bonchev–Trinajstić information content (AvgIpc) is 2.88. The highest BCUT2D eigenvalue weighted by Gasteiger charge is 2.40. The summed E-state index contributed by atoms with van der Waals surface area (Å²) in [5.41, 5.74) is 0. The van der Waals surface area contributed by atoms with Gasteiger partial charge in [0.1, 0.15) is 5.92 Å². The number of aliphatic hydroxyl groups is 1. The summed E-state index contributed by atoms with van der Waals surface area (Å²) in [6, 6.07) is -1.41. The molecule has 0 radical (unpaired) electrons. The lowest BCUT2D eigenvalue weighted by atomic mass is 10.0. The number of likely N-dealkylation sites (N-methyl/N-ethyl adjacent to an activating group) is 1. The van der Waals surface area contributed by atoms with Crippen LogP contribution in [-0.4, -0.2) is 83.9 Å². The number of urea groups is 1. The van der Waals surface area contributed by atoms with Gasteiger partial charge in [-0.1, -0.05) is 0 Å². The van der Waals surface area contributed by atoms with E-state index in [1.165, 1.54) is 4.90 Å². The third-order valence-corrected chi connectivity index (χ3v) is 3.35. The first-order valence-electron chi connectivity index (χ1n) is 6.67. The van der Waals surface area contributed by atoms with Crippen LogP contribution in [0.25, 0.3) is 0 Å². The Kier molecular flexibility index (Phi) is 6.76. The fraction of sp³-hybridized carbons (Fsp3) is 0.833. The molecule has 0 saturated carbocycles. The molecule has 1 aliphatic heterocycles. The van der Waals surface area contributed by atoms with Crippen molar-refractivity contribution in [2.24, 2.45) is 5.92 Å². The zero-order valence-electron chi connectivity index (χ0n) is 11.7. The molecule has 7 nitrogen and oxygen atoms in total. The lowest BCUT2D eigenvalue weighted by molar-refractivity contribution is -0.142. The smallest absolute Gasteiger partial charge is 0.320 e. The van der Waals surface area contributed by atoms with Crippen molar-refractivity contribution in [1.82, 2.24) is 9.80 Å². The number of alkyl halides is 2. The average molecular weight is 310 g/mol. The number of hydrogen-bond acceptors (Lipinski definition) is 4. The summed E-state index contributed by atoms with van der Waals surface area (Å²) in [5.74, 6) is -1.97. The molecule has 2 atom stereocenters. The number of rotatable bonds is 7. The summed E-state index contributed by atoms with van der Waals surface area (Å²) in [6.07, 6.45) is -2.73. The molecule has 0 spiro atoms. The van der Waals surface area contributed by atoms with Crippen molar-refractivity contribution in [1.29, 1.82) is 0 Å². The zero-order chi connectivity index (χ0) is 16.0. The monoisotopic (exact) mass is 310 g/mol. The highest BCUT2D eigenvalue weighted by molar-refractivity contribution is 5.77. The van der Waals surface area contributed by atoms with Crippen LogP contribution in [0.2, 0.25) is 0 Å². The molecule has 0 aliphatic carbocycles. The molecule has 1 saturated heterocycles. The second-order valence-corrected chi connectivity index (χ2v) is 4.68. The Labute approximate surface area is 121 Å². The largest absolute Gasteiger partial charge is 0.481 e. The van der Waals surface area contributed by atoms with Crippen molar-refractivity contribution < 1.29 is 33.3 Å². The molecule has 2 amide bonds. The van der Waals surface area contributed by atoms with E-state index in [0.717, 1.165) is 4.90 Å². The second kappa shape index (κ2) is 8.08. The molecule has 1 aliphatic rings. The number of halogens is 2. The van der Waals surface area contributed by atoms with Gasteiger partial charge in [0.2, 0.25) is 0 Å². The van der Waals surface area contributed by atoms with Crippen LogP contribution in [0.15, 0.2) is 0 Å². The summed E-state index contributed by atoms with van der Waals surface area (Å²) in [4.78, 5) is 25.5. The van der Waals surface area contributed by atoms with E-state index in [0.29, 0.717) is 0 Å². The lowest BCUT2D eigenvalue weighted by Gasteiger charge is -2.34. The van der Waals surface area contributed by atoms with Gasteiger partial charge in [-0.05, 0) is 6.92 Å². The second-order valence-electron chi connectivity index (χ2n) is 4.68. The Hall–Kier alpha value is -1.48. The first-order valence-corrected chi connectivity index (χ1v) is 6.67. The number of aliphatic hydroxyl groups excluding tert-OH is 1. The van der Waals surface area contributed by atoms with Crippen molar-refractivity contribution in [3.63, 3.8) is 0 Å².